The Balaban J connectivity index is 1.31. The molecule has 2 aromatic carbocycles. The average molecular weight is 719 g/mol. The maximum Gasteiger partial charge on any atom is 0.0737 e. The molecule has 0 unspecified atom stereocenters. The van der Waals surface area contributed by atoms with E-state index in [0.717, 1.165) is 111 Å². The summed E-state index contributed by atoms with van der Waals surface area (Å²) in [5.74, 6) is 0. The number of nitrogens with one attached hydrogen (secondary N) is 2. The standard InChI is InChI=1S/C48H30N8/c1-3-11-35-29(7-1)23-33(27-51-35)47-41-17-15-39(54-41)45(31-9-5-21-49-25-31)37-13-14-38(53-37)46(32-10-6-22-50-26-32)40-16-18-42(55-40)48(44-20-19-43(47)56-44)34-24-30-8-2-4-12-36(30)52-28-34/h1-28,54-55H. The van der Waals surface area contributed by atoms with E-state index in [2.05, 4.69) is 105 Å². The first-order chi connectivity index (χ1) is 27.7. The van der Waals surface area contributed by atoms with Crippen molar-refractivity contribution in [2.75, 3.05) is 0 Å². The minimum absolute atomic E-state index is 0.815. The zero-order chi connectivity index (χ0) is 37.0. The lowest BCUT2D eigenvalue weighted by molar-refractivity contribution is 1.28. The monoisotopic (exact) mass is 718 g/mol. The number of pyridine rings is 4. The highest BCUT2D eigenvalue weighted by atomic mass is 14.8. The van der Waals surface area contributed by atoms with E-state index in [1.54, 1.807) is 12.4 Å². The molecule has 0 saturated heterocycles. The van der Waals surface area contributed by atoms with Gasteiger partial charge < -0.3 is 9.97 Å². The predicted molar refractivity (Wildman–Crippen MR) is 227 cm³/mol. The van der Waals surface area contributed by atoms with Crippen molar-refractivity contribution in [1.82, 2.24) is 39.9 Å². The highest BCUT2D eigenvalue weighted by Crippen LogP contribution is 2.38. The zero-order valence-electron chi connectivity index (χ0n) is 29.8. The quantitative estimate of drug-likeness (QED) is 0.187. The second-order valence-corrected chi connectivity index (χ2v) is 13.8. The van der Waals surface area contributed by atoms with Crippen LogP contribution in [0.4, 0.5) is 0 Å². The van der Waals surface area contributed by atoms with Crippen LogP contribution in [0.25, 0.3) is 113 Å². The predicted octanol–water partition coefficient (Wildman–Crippen LogP) is 11.2. The summed E-state index contributed by atoms with van der Waals surface area (Å²) in [4.78, 5) is 37.1. The van der Waals surface area contributed by atoms with Crippen LogP contribution in [0, 0.1) is 0 Å². The van der Waals surface area contributed by atoms with Gasteiger partial charge >= 0.3 is 0 Å². The van der Waals surface area contributed by atoms with Gasteiger partial charge in [0.15, 0.2) is 0 Å². The summed E-state index contributed by atoms with van der Waals surface area (Å²) >= 11 is 0. The molecule has 0 atom stereocenters. The van der Waals surface area contributed by atoms with E-state index in [1.807, 2.05) is 73.3 Å². The number of aromatic amines is 2. The van der Waals surface area contributed by atoms with Crippen LogP contribution in [0.1, 0.15) is 22.8 Å². The van der Waals surface area contributed by atoms with Crippen molar-refractivity contribution >= 4 is 68.2 Å². The van der Waals surface area contributed by atoms with Crippen LogP contribution in [0.3, 0.4) is 0 Å². The van der Waals surface area contributed by atoms with Crippen LogP contribution in [0.15, 0.2) is 146 Å². The third-order valence-corrected chi connectivity index (χ3v) is 10.4. The maximum absolute atomic E-state index is 5.43. The Hall–Kier alpha value is -7.84. The van der Waals surface area contributed by atoms with Gasteiger partial charge in [0, 0.05) is 115 Å². The lowest BCUT2D eigenvalue weighted by Gasteiger charge is -2.07. The van der Waals surface area contributed by atoms with Gasteiger partial charge in [0.2, 0.25) is 0 Å². The fraction of sp³-hybridized carbons (Fsp3) is 0. The van der Waals surface area contributed by atoms with Crippen molar-refractivity contribution in [3.63, 3.8) is 0 Å². The third kappa shape index (κ3) is 5.39. The molecule has 262 valence electrons. The highest BCUT2D eigenvalue weighted by Gasteiger charge is 2.19. The normalized spacial score (nSPS) is 12.1. The number of nitrogens with zero attached hydrogens (tertiary/aromatic N) is 6. The molecule has 2 N–H and O–H groups in total. The van der Waals surface area contributed by atoms with E-state index in [1.165, 1.54) is 0 Å². The van der Waals surface area contributed by atoms with E-state index in [9.17, 15) is 0 Å². The second kappa shape index (κ2) is 12.9. The van der Waals surface area contributed by atoms with Crippen LogP contribution >= 0.6 is 0 Å². The maximum atomic E-state index is 5.43. The molecule has 8 bridgehead atoms. The molecule has 11 rings (SSSR count). The molecule has 2 aliphatic heterocycles. The van der Waals surface area contributed by atoms with Crippen LogP contribution in [0.2, 0.25) is 0 Å². The summed E-state index contributed by atoms with van der Waals surface area (Å²) < 4.78 is 0. The summed E-state index contributed by atoms with van der Waals surface area (Å²) in [5, 5.41) is 2.10. The van der Waals surface area contributed by atoms with Gasteiger partial charge in [-0.05, 0) is 85.0 Å². The molecule has 56 heavy (non-hydrogen) atoms. The van der Waals surface area contributed by atoms with Crippen LogP contribution < -0.4 is 0 Å². The van der Waals surface area contributed by atoms with Crippen LogP contribution in [-0.2, 0) is 0 Å². The van der Waals surface area contributed by atoms with Crippen molar-refractivity contribution in [3.8, 4) is 44.5 Å². The first kappa shape index (κ1) is 31.7. The third-order valence-electron chi connectivity index (χ3n) is 10.4. The van der Waals surface area contributed by atoms with E-state index in [0.29, 0.717) is 0 Å². The van der Waals surface area contributed by atoms with E-state index < -0.39 is 0 Å². The number of fused-ring (bicyclic) bond motifs is 10. The molecule has 0 amide bonds. The number of hydrogen-bond donors (Lipinski definition) is 2. The Labute approximate surface area is 320 Å². The molecule has 8 heteroatoms. The molecule has 9 heterocycles. The Bertz CT molecular complexity index is 3040. The minimum atomic E-state index is 0.815. The molecule has 0 fully saturated rings. The van der Waals surface area contributed by atoms with Crippen molar-refractivity contribution < 1.29 is 0 Å². The topological polar surface area (TPSA) is 109 Å². The summed E-state index contributed by atoms with van der Waals surface area (Å²) in [7, 11) is 0. The van der Waals surface area contributed by atoms with Gasteiger partial charge in [-0.2, -0.15) is 0 Å². The van der Waals surface area contributed by atoms with Crippen molar-refractivity contribution in [1.29, 1.82) is 0 Å². The van der Waals surface area contributed by atoms with Gasteiger partial charge in [-0.15, -0.1) is 0 Å². The second-order valence-electron chi connectivity index (χ2n) is 13.8. The number of rotatable bonds is 4. The first-order valence-corrected chi connectivity index (χ1v) is 18.4. The molecule has 9 aromatic rings. The smallest absolute Gasteiger partial charge is 0.0737 e. The van der Waals surface area contributed by atoms with E-state index in [-0.39, 0.29) is 0 Å². The summed E-state index contributed by atoms with van der Waals surface area (Å²) in [6.07, 6.45) is 19.6. The van der Waals surface area contributed by atoms with Gasteiger partial charge in [0.1, 0.15) is 0 Å². The number of hydrogen-bond acceptors (Lipinski definition) is 6. The van der Waals surface area contributed by atoms with Crippen molar-refractivity contribution in [2.45, 2.75) is 0 Å². The highest BCUT2D eigenvalue weighted by molar-refractivity contribution is 6.01. The van der Waals surface area contributed by atoms with Crippen LogP contribution in [-0.4, -0.2) is 39.9 Å². The minimum Gasteiger partial charge on any atom is -0.354 e. The number of H-pyrrole nitrogens is 2. The number of para-hydroxylation sites is 2. The molecule has 7 aromatic heterocycles. The first-order valence-electron chi connectivity index (χ1n) is 18.4. The van der Waals surface area contributed by atoms with Gasteiger partial charge in [0.25, 0.3) is 0 Å². The van der Waals surface area contributed by atoms with Crippen molar-refractivity contribution in [3.05, 3.63) is 169 Å². The summed E-state index contributed by atoms with van der Waals surface area (Å²) in [6.45, 7) is 0. The molecular weight excluding hydrogens is 689 g/mol. The Morgan fingerprint density at radius 1 is 0.357 bits per heavy atom. The lowest BCUT2D eigenvalue weighted by atomic mass is 10.0. The lowest BCUT2D eigenvalue weighted by Crippen LogP contribution is -1.91. The molecule has 0 aliphatic carbocycles. The van der Waals surface area contributed by atoms with Gasteiger partial charge in [-0.1, -0.05) is 48.5 Å². The van der Waals surface area contributed by atoms with Gasteiger partial charge in [-0.3, -0.25) is 19.9 Å². The Kier molecular flexibility index (Phi) is 7.31. The fourth-order valence-electron chi connectivity index (χ4n) is 7.86. The Morgan fingerprint density at radius 3 is 1.14 bits per heavy atom. The number of aromatic nitrogens is 8. The fourth-order valence-corrected chi connectivity index (χ4v) is 7.86. The van der Waals surface area contributed by atoms with Gasteiger partial charge in [0.05, 0.1) is 33.8 Å². The molecule has 2 aliphatic rings. The molecule has 0 radical (unpaired) electrons. The zero-order valence-corrected chi connectivity index (χ0v) is 29.8. The van der Waals surface area contributed by atoms with Crippen molar-refractivity contribution in [2.24, 2.45) is 0 Å². The molecular formula is C48H30N8. The van der Waals surface area contributed by atoms with Gasteiger partial charge in [-0.25, -0.2) is 9.97 Å². The van der Waals surface area contributed by atoms with E-state index in [4.69, 9.17) is 19.9 Å². The average Bonchev–Trinajstić information content (AvgIpc) is 4.10. The molecule has 0 saturated carbocycles. The Morgan fingerprint density at radius 2 is 0.750 bits per heavy atom. The summed E-state index contributed by atoms with van der Waals surface area (Å²) in [6, 6.07) is 37.3. The SMILES string of the molecule is C1=Cc2nc1c(-c1cccnc1)c1ccc([nH]1)c(-c1cnc3ccccc3c1)c1nc(c(-c3cnc4ccccc4c3)c3ccc([nH]3)c2-c2cccnc2)C=C1. The summed E-state index contributed by atoms with van der Waals surface area (Å²) in [5.41, 5.74) is 16.3. The number of benzene rings is 2. The van der Waals surface area contributed by atoms with E-state index >= 15 is 0 Å². The van der Waals surface area contributed by atoms with Crippen LogP contribution in [0.5, 0.6) is 0 Å². The molecule has 8 nitrogen and oxygen atoms in total. The molecule has 0 spiro atoms. The largest absolute Gasteiger partial charge is 0.354 e.